The van der Waals surface area contributed by atoms with Crippen LogP contribution in [0.5, 0.6) is 5.75 Å². The van der Waals surface area contributed by atoms with E-state index in [2.05, 4.69) is 4.99 Å². The zero-order valence-corrected chi connectivity index (χ0v) is 16.9. The van der Waals surface area contributed by atoms with E-state index in [0.29, 0.717) is 28.8 Å². The van der Waals surface area contributed by atoms with E-state index in [1.165, 1.54) is 11.8 Å². The number of carbonyl (C=O) groups is 2. The molecule has 0 spiro atoms. The van der Waals surface area contributed by atoms with Crippen LogP contribution in [0, 0.1) is 0 Å². The number of hydrogen-bond acceptors (Lipinski definition) is 5. The Bertz CT molecular complexity index is 885. The summed E-state index contributed by atoms with van der Waals surface area (Å²) in [4.78, 5) is 30.5. The molecule has 3 rings (SSSR count). The van der Waals surface area contributed by atoms with Crippen LogP contribution in [0.25, 0.3) is 0 Å². The summed E-state index contributed by atoms with van der Waals surface area (Å²) in [5, 5.41) is 0.453. The molecule has 8 heteroatoms. The van der Waals surface area contributed by atoms with Crippen molar-refractivity contribution in [1.29, 1.82) is 0 Å². The predicted octanol–water partition coefficient (Wildman–Crippen LogP) is 3.40. The Hall–Kier alpha value is -2.51. The number of amides is 2. The monoisotopic (exact) mass is 417 g/mol. The molecule has 2 aromatic carbocycles. The van der Waals surface area contributed by atoms with Crippen molar-refractivity contribution in [3.8, 4) is 5.75 Å². The molecule has 0 aliphatic carbocycles. The van der Waals surface area contributed by atoms with E-state index in [0.717, 1.165) is 11.3 Å². The van der Waals surface area contributed by atoms with Gasteiger partial charge in [-0.2, -0.15) is 0 Å². The average Bonchev–Trinajstić information content (AvgIpc) is 2.69. The number of primary amides is 1. The van der Waals surface area contributed by atoms with Crippen molar-refractivity contribution >= 4 is 46.0 Å². The maximum Gasteiger partial charge on any atom is 0.231 e. The maximum absolute atomic E-state index is 12.7. The zero-order valence-electron chi connectivity index (χ0n) is 15.3. The molecular formula is C20H20ClN3O3S. The first-order chi connectivity index (χ1) is 13.5. The number of amidine groups is 1. The van der Waals surface area contributed by atoms with Gasteiger partial charge in [0.2, 0.25) is 11.8 Å². The van der Waals surface area contributed by atoms with Gasteiger partial charge in [-0.05, 0) is 48.4 Å². The van der Waals surface area contributed by atoms with Gasteiger partial charge < -0.3 is 10.5 Å². The molecule has 1 aliphatic rings. The summed E-state index contributed by atoms with van der Waals surface area (Å²) in [5.74, 6) is 0.100. The number of aliphatic imine (C=N–C) groups is 1. The number of nitrogens with two attached hydrogens (primary N) is 1. The van der Waals surface area contributed by atoms with Crippen molar-refractivity contribution < 1.29 is 14.3 Å². The lowest BCUT2D eigenvalue weighted by Gasteiger charge is -2.31. The third-order valence-corrected chi connectivity index (χ3v) is 5.75. The third-order valence-electron chi connectivity index (χ3n) is 4.29. The molecule has 2 N–H and O–H groups in total. The number of methoxy groups -OCH3 is 1. The second kappa shape index (κ2) is 9.12. The fourth-order valence-corrected chi connectivity index (χ4v) is 3.93. The number of carbonyl (C=O) groups excluding carboxylic acids is 2. The molecule has 6 nitrogen and oxygen atoms in total. The molecule has 2 aromatic rings. The number of rotatable bonds is 6. The quantitative estimate of drug-likeness (QED) is 0.780. The molecular weight excluding hydrogens is 398 g/mol. The normalized spacial score (nSPS) is 18.4. The van der Waals surface area contributed by atoms with Crippen molar-refractivity contribution in [3.05, 3.63) is 59.1 Å². The molecule has 1 atom stereocenters. The Labute approximate surface area is 172 Å². The van der Waals surface area contributed by atoms with Crippen LogP contribution in [-0.2, 0) is 16.0 Å². The van der Waals surface area contributed by atoms with E-state index in [1.807, 2.05) is 24.3 Å². The van der Waals surface area contributed by atoms with Crippen LogP contribution in [0.4, 0.5) is 5.69 Å². The lowest BCUT2D eigenvalue weighted by molar-refractivity contribution is -0.129. The molecule has 0 unspecified atom stereocenters. The lowest BCUT2D eigenvalue weighted by atomic mass is 10.1. The second-order valence-electron chi connectivity index (χ2n) is 6.23. The van der Waals surface area contributed by atoms with Crippen LogP contribution >= 0.6 is 23.4 Å². The number of ether oxygens (including phenoxy) is 1. The van der Waals surface area contributed by atoms with Crippen molar-refractivity contribution in [2.45, 2.75) is 18.1 Å². The van der Waals surface area contributed by atoms with Crippen LogP contribution in [0.1, 0.15) is 12.0 Å². The lowest BCUT2D eigenvalue weighted by Crippen LogP contribution is -2.46. The summed E-state index contributed by atoms with van der Waals surface area (Å²) in [5.41, 5.74) is 7.15. The molecule has 2 amide bonds. The number of benzene rings is 2. The van der Waals surface area contributed by atoms with E-state index in [4.69, 9.17) is 22.1 Å². The van der Waals surface area contributed by atoms with E-state index >= 15 is 0 Å². The van der Waals surface area contributed by atoms with E-state index in [-0.39, 0.29) is 12.3 Å². The molecule has 0 saturated carbocycles. The molecule has 28 heavy (non-hydrogen) atoms. The Balaban J connectivity index is 1.81. The first-order valence-electron chi connectivity index (χ1n) is 8.70. The van der Waals surface area contributed by atoms with Crippen molar-refractivity contribution in [1.82, 2.24) is 4.90 Å². The predicted molar refractivity (Wildman–Crippen MR) is 112 cm³/mol. The molecule has 0 bridgehead atoms. The number of hydrogen-bond donors (Lipinski definition) is 1. The largest absolute Gasteiger partial charge is 0.497 e. The van der Waals surface area contributed by atoms with Gasteiger partial charge in [0.1, 0.15) is 5.75 Å². The Morgan fingerprint density at radius 3 is 2.54 bits per heavy atom. The summed E-state index contributed by atoms with van der Waals surface area (Å²) in [7, 11) is 1.62. The van der Waals surface area contributed by atoms with Crippen LogP contribution < -0.4 is 10.5 Å². The fourth-order valence-electron chi connectivity index (χ4n) is 2.73. The van der Waals surface area contributed by atoms with Crippen molar-refractivity contribution in [2.24, 2.45) is 10.7 Å². The van der Waals surface area contributed by atoms with E-state index in [9.17, 15) is 9.59 Å². The highest BCUT2D eigenvalue weighted by molar-refractivity contribution is 8.15. The third kappa shape index (κ3) is 5.05. The highest BCUT2D eigenvalue weighted by Gasteiger charge is 2.34. The molecule has 146 valence electrons. The van der Waals surface area contributed by atoms with Gasteiger partial charge in [0.25, 0.3) is 0 Å². The summed E-state index contributed by atoms with van der Waals surface area (Å²) in [6.07, 6.45) is 0.722. The Kier molecular flexibility index (Phi) is 6.59. The van der Waals surface area contributed by atoms with Gasteiger partial charge in [0.15, 0.2) is 5.17 Å². The minimum atomic E-state index is -0.615. The Morgan fingerprint density at radius 1 is 1.25 bits per heavy atom. The van der Waals surface area contributed by atoms with Gasteiger partial charge in [-0.3, -0.25) is 14.5 Å². The van der Waals surface area contributed by atoms with Crippen LogP contribution in [0.15, 0.2) is 53.5 Å². The van der Waals surface area contributed by atoms with Gasteiger partial charge in [0.05, 0.1) is 18.0 Å². The fraction of sp³-hybridized carbons (Fsp3) is 0.250. The number of nitrogens with zero attached hydrogens (tertiary/aromatic N) is 2. The van der Waals surface area contributed by atoms with Crippen molar-refractivity contribution in [2.75, 3.05) is 13.7 Å². The van der Waals surface area contributed by atoms with Gasteiger partial charge in [-0.25, -0.2) is 4.99 Å². The minimum absolute atomic E-state index is 0.0717. The smallest absolute Gasteiger partial charge is 0.231 e. The molecule has 1 aliphatic heterocycles. The van der Waals surface area contributed by atoms with Gasteiger partial charge in [-0.1, -0.05) is 35.5 Å². The zero-order chi connectivity index (χ0) is 20.1. The summed E-state index contributed by atoms with van der Waals surface area (Å²) < 4.78 is 5.17. The number of halogens is 1. The summed E-state index contributed by atoms with van der Waals surface area (Å²) >= 11 is 7.14. The Morgan fingerprint density at radius 2 is 1.93 bits per heavy atom. The van der Waals surface area contributed by atoms with Crippen LogP contribution in [0.3, 0.4) is 0 Å². The average molecular weight is 418 g/mol. The molecule has 1 saturated heterocycles. The summed E-state index contributed by atoms with van der Waals surface area (Å²) in [6, 6.07) is 14.7. The van der Waals surface area contributed by atoms with Crippen LogP contribution in [-0.4, -0.2) is 40.8 Å². The van der Waals surface area contributed by atoms with Gasteiger partial charge >= 0.3 is 0 Å². The van der Waals surface area contributed by atoms with Gasteiger partial charge in [-0.15, -0.1) is 0 Å². The summed E-state index contributed by atoms with van der Waals surface area (Å²) in [6.45, 7) is 0.454. The van der Waals surface area contributed by atoms with E-state index < -0.39 is 11.2 Å². The van der Waals surface area contributed by atoms with E-state index in [1.54, 1.807) is 36.3 Å². The SMILES string of the molecule is COc1ccc(CCN2C(=O)C[C@H](C(N)=O)SC2=Nc2ccc(Cl)cc2)cc1. The van der Waals surface area contributed by atoms with Gasteiger partial charge in [0, 0.05) is 18.0 Å². The highest BCUT2D eigenvalue weighted by Crippen LogP contribution is 2.29. The first kappa shape index (κ1) is 20.2. The topological polar surface area (TPSA) is 85.0 Å². The highest BCUT2D eigenvalue weighted by atomic mass is 35.5. The number of thioether (sulfide) groups is 1. The first-order valence-corrected chi connectivity index (χ1v) is 9.95. The maximum atomic E-state index is 12.7. The minimum Gasteiger partial charge on any atom is -0.497 e. The van der Waals surface area contributed by atoms with Crippen LogP contribution in [0.2, 0.25) is 5.02 Å². The molecule has 1 heterocycles. The van der Waals surface area contributed by atoms with Crippen molar-refractivity contribution in [3.63, 3.8) is 0 Å². The standard InChI is InChI=1S/C20H20ClN3O3S/c1-27-16-8-2-13(3-9-16)10-11-24-18(25)12-17(19(22)26)28-20(24)23-15-6-4-14(21)5-7-15/h2-9,17H,10-12H2,1H3,(H2,22,26)/t17-/m1/s1. The second-order valence-corrected chi connectivity index (χ2v) is 7.83. The molecule has 1 fully saturated rings. The molecule has 0 radical (unpaired) electrons. The molecule has 0 aromatic heterocycles.